The monoisotopic (exact) mass is 360 g/mol. The first-order chi connectivity index (χ1) is 11.9. The minimum atomic E-state index is 0.0853. The van der Waals surface area contributed by atoms with Gasteiger partial charge in [0.2, 0.25) is 0 Å². The van der Waals surface area contributed by atoms with Gasteiger partial charge >= 0.3 is 0 Å². The van der Waals surface area contributed by atoms with E-state index in [2.05, 4.69) is 53.7 Å². The van der Waals surface area contributed by atoms with Crippen molar-refractivity contribution in [2.45, 2.75) is 39.7 Å². The number of benzene rings is 1. The maximum absolute atomic E-state index is 5.70. The molecule has 0 aliphatic heterocycles. The molecule has 0 aliphatic carbocycles. The summed E-state index contributed by atoms with van der Waals surface area (Å²) in [6.07, 6.45) is 0. The SMILES string of the molecule is CN=C(NCCOc1ccc(C)cc1)NCc1nc(C(C)(C)C)cs1. The van der Waals surface area contributed by atoms with Crippen molar-refractivity contribution < 1.29 is 4.74 Å². The van der Waals surface area contributed by atoms with Gasteiger partial charge in [0.05, 0.1) is 18.8 Å². The van der Waals surface area contributed by atoms with E-state index in [4.69, 9.17) is 4.74 Å². The molecule has 0 aliphatic rings. The van der Waals surface area contributed by atoms with Crippen LogP contribution in [0.1, 0.15) is 37.0 Å². The number of guanidine groups is 1. The molecule has 2 aromatic rings. The molecule has 2 rings (SSSR count). The molecule has 6 heteroatoms. The van der Waals surface area contributed by atoms with Crippen LogP contribution in [-0.4, -0.2) is 31.1 Å². The first kappa shape index (κ1) is 19.2. The fraction of sp³-hybridized carbons (Fsp3) is 0.474. The van der Waals surface area contributed by atoms with Gasteiger partial charge in [0.15, 0.2) is 5.96 Å². The van der Waals surface area contributed by atoms with Crippen LogP contribution in [0.3, 0.4) is 0 Å². The number of nitrogens with zero attached hydrogens (tertiary/aromatic N) is 2. The first-order valence-corrected chi connectivity index (χ1v) is 9.35. The zero-order chi connectivity index (χ0) is 18.3. The highest BCUT2D eigenvalue weighted by molar-refractivity contribution is 7.09. The van der Waals surface area contributed by atoms with Crippen molar-refractivity contribution in [1.82, 2.24) is 15.6 Å². The highest BCUT2D eigenvalue weighted by Crippen LogP contribution is 2.23. The van der Waals surface area contributed by atoms with Crippen molar-refractivity contribution >= 4 is 17.3 Å². The zero-order valence-electron chi connectivity index (χ0n) is 15.7. The molecular formula is C19H28N4OS. The van der Waals surface area contributed by atoms with Crippen LogP contribution in [-0.2, 0) is 12.0 Å². The van der Waals surface area contributed by atoms with Crippen molar-refractivity contribution in [3.63, 3.8) is 0 Å². The second kappa shape index (κ2) is 8.85. The maximum Gasteiger partial charge on any atom is 0.191 e. The van der Waals surface area contributed by atoms with Crippen molar-refractivity contribution in [1.29, 1.82) is 0 Å². The van der Waals surface area contributed by atoms with E-state index in [-0.39, 0.29) is 5.41 Å². The number of rotatable bonds is 6. The lowest BCUT2D eigenvalue weighted by Gasteiger charge is -2.14. The lowest BCUT2D eigenvalue weighted by Crippen LogP contribution is -2.38. The van der Waals surface area contributed by atoms with Crippen LogP contribution >= 0.6 is 11.3 Å². The van der Waals surface area contributed by atoms with E-state index in [0.29, 0.717) is 19.7 Å². The fourth-order valence-corrected chi connectivity index (χ4v) is 3.05. The summed E-state index contributed by atoms with van der Waals surface area (Å²) >= 11 is 1.67. The summed E-state index contributed by atoms with van der Waals surface area (Å²) in [5.74, 6) is 1.63. The number of ether oxygens (including phenoxy) is 1. The Hall–Kier alpha value is -2.08. The molecule has 0 saturated carbocycles. The average Bonchev–Trinajstić information content (AvgIpc) is 3.05. The number of aromatic nitrogens is 1. The van der Waals surface area contributed by atoms with Gasteiger partial charge in [-0.3, -0.25) is 4.99 Å². The topological polar surface area (TPSA) is 58.5 Å². The maximum atomic E-state index is 5.70. The molecule has 1 aromatic carbocycles. The van der Waals surface area contributed by atoms with Gasteiger partial charge in [0.1, 0.15) is 17.4 Å². The van der Waals surface area contributed by atoms with E-state index < -0.39 is 0 Å². The number of aliphatic imine (C=N–C) groups is 1. The van der Waals surface area contributed by atoms with Gasteiger partial charge in [-0.2, -0.15) is 0 Å². The molecule has 0 radical (unpaired) electrons. The van der Waals surface area contributed by atoms with Crippen molar-refractivity contribution in [2.75, 3.05) is 20.2 Å². The van der Waals surface area contributed by atoms with Crippen LogP contribution in [0, 0.1) is 6.92 Å². The summed E-state index contributed by atoms with van der Waals surface area (Å²) in [5.41, 5.74) is 2.44. The second-order valence-corrected chi connectivity index (χ2v) is 7.83. The summed E-state index contributed by atoms with van der Waals surface area (Å²) < 4.78 is 5.70. The van der Waals surface area contributed by atoms with Crippen LogP contribution < -0.4 is 15.4 Å². The molecular weight excluding hydrogens is 332 g/mol. The molecule has 5 nitrogen and oxygen atoms in total. The van der Waals surface area contributed by atoms with E-state index in [9.17, 15) is 0 Å². The molecule has 0 amide bonds. The van der Waals surface area contributed by atoms with Gasteiger partial charge in [0.25, 0.3) is 0 Å². The van der Waals surface area contributed by atoms with Crippen LogP contribution in [0.5, 0.6) is 5.75 Å². The third-order valence-electron chi connectivity index (χ3n) is 3.64. The van der Waals surface area contributed by atoms with Crippen molar-refractivity contribution in [3.05, 3.63) is 45.9 Å². The van der Waals surface area contributed by atoms with E-state index in [1.807, 2.05) is 24.3 Å². The standard InChI is InChI=1S/C19H28N4OS/c1-14-6-8-15(9-7-14)24-11-10-21-18(20-5)22-12-17-23-16(13-25-17)19(2,3)4/h6-9,13H,10-12H2,1-5H3,(H2,20,21,22). The Bertz CT molecular complexity index is 686. The Morgan fingerprint density at radius 3 is 2.52 bits per heavy atom. The molecule has 0 spiro atoms. The highest BCUT2D eigenvalue weighted by atomic mass is 32.1. The van der Waals surface area contributed by atoms with Crippen LogP contribution in [0.15, 0.2) is 34.6 Å². The van der Waals surface area contributed by atoms with Gasteiger partial charge < -0.3 is 15.4 Å². The fourth-order valence-electron chi connectivity index (χ4n) is 2.09. The normalized spacial score (nSPS) is 12.1. The lowest BCUT2D eigenvalue weighted by atomic mass is 9.93. The van der Waals surface area contributed by atoms with Crippen LogP contribution in [0.2, 0.25) is 0 Å². The van der Waals surface area contributed by atoms with E-state index in [1.165, 1.54) is 5.56 Å². The predicted molar refractivity (Wildman–Crippen MR) is 106 cm³/mol. The lowest BCUT2D eigenvalue weighted by molar-refractivity contribution is 0.322. The molecule has 1 heterocycles. The molecule has 136 valence electrons. The molecule has 1 aromatic heterocycles. The molecule has 0 bridgehead atoms. The summed E-state index contributed by atoms with van der Waals surface area (Å²) in [5, 5.41) is 9.72. The summed E-state index contributed by atoms with van der Waals surface area (Å²) in [6, 6.07) is 8.06. The highest BCUT2D eigenvalue weighted by Gasteiger charge is 2.17. The smallest absolute Gasteiger partial charge is 0.191 e. The number of hydrogen-bond acceptors (Lipinski definition) is 4. The largest absolute Gasteiger partial charge is 0.492 e. The predicted octanol–water partition coefficient (Wildman–Crippen LogP) is 3.49. The number of aryl methyl sites for hydroxylation is 1. The Morgan fingerprint density at radius 1 is 1.20 bits per heavy atom. The first-order valence-electron chi connectivity index (χ1n) is 8.47. The van der Waals surface area contributed by atoms with Crippen LogP contribution in [0.4, 0.5) is 0 Å². The van der Waals surface area contributed by atoms with Gasteiger partial charge in [0, 0.05) is 17.8 Å². The molecule has 0 unspecified atom stereocenters. The molecule has 25 heavy (non-hydrogen) atoms. The average molecular weight is 361 g/mol. The van der Waals surface area contributed by atoms with E-state index in [0.717, 1.165) is 22.4 Å². The Morgan fingerprint density at radius 2 is 1.92 bits per heavy atom. The minimum Gasteiger partial charge on any atom is -0.492 e. The molecule has 0 saturated heterocycles. The van der Waals surface area contributed by atoms with E-state index >= 15 is 0 Å². The van der Waals surface area contributed by atoms with Gasteiger partial charge in [-0.1, -0.05) is 38.5 Å². The number of thiazole rings is 1. The Kier molecular flexibility index (Phi) is 6.82. The molecule has 0 fully saturated rings. The Labute approximate surface area is 154 Å². The third kappa shape index (κ3) is 6.38. The third-order valence-corrected chi connectivity index (χ3v) is 4.48. The number of hydrogen-bond donors (Lipinski definition) is 2. The van der Waals surface area contributed by atoms with E-state index in [1.54, 1.807) is 18.4 Å². The van der Waals surface area contributed by atoms with Gasteiger partial charge in [-0.25, -0.2) is 4.98 Å². The molecule has 0 atom stereocenters. The zero-order valence-corrected chi connectivity index (χ0v) is 16.5. The van der Waals surface area contributed by atoms with Crippen molar-refractivity contribution in [2.24, 2.45) is 4.99 Å². The summed E-state index contributed by atoms with van der Waals surface area (Å²) in [6.45, 7) is 10.5. The molecule has 2 N–H and O–H groups in total. The second-order valence-electron chi connectivity index (χ2n) is 6.89. The van der Waals surface area contributed by atoms with Crippen LogP contribution in [0.25, 0.3) is 0 Å². The summed E-state index contributed by atoms with van der Waals surface area (Å²) in [4.78, 5) is 8.91. The minimum absolute atomic E-state index is 0.0853. The van der Waals surface area contributed by atoms with Crippen molar-refractivity contribution in [3.8, 4) is 5.75 Å². The van der Waals surface area contributed by atoms with Gasteiger partial charge in [-0.15, -0.1) is 11.3 Å². The Balaban J connectivity index is 1.72. The van der Waals surface area contributed by atoms with Gasteiger partial charge in [-0.05, 0) is 19.1 Å². The summed E-state index contributed by atoms with van der Waals surface area (Å²) in [7, 11) is 1.76. The number of nitrogens with one attached hydrogen (secondary N) is 2. The quantitative estimate of drug-likeness (QED) is 0.470.